The summed E-state index contributed by atoms with van der Waals surface area (Å²) in [6, 6.07) is 4.47. The van der Waals surface area contributed by atoms with Gasteiger partial charge in [-0.25, -0.2) is 23.1 Å². The Morgan fingerprint density at radius 3 is 2.95 bits per heavy atom. The zero-order valence-corrected chi connectivity index (χ0v) is 12.8. The number of sulfonamides is 1. The van der Waals surface area contributed by atoms with Crippen LogP contribution in [0.15, 0.2) is 29.4 Å². The lowest BCUT2D eigenvalue weighted by molar-refractivity contribution is 0.421. The highest BCUT2D eigenvalue weighted by molar-refractivity contribution is 7.89. The molecule has 22 heavy (non-hydrogen) atoms. The summed E-state index contributed by atoms with van der Waals surface area (Å²) in [5.74, 6) is 0.994. The Bertz CT molecular complexity index is 833. The van der Waals surface area contributed by atoms with E-state index in [-0.39, 0.29) is 16.6 Å². The summed E-state index contributed by atoms with van der Waals surface area (Å²) in [4.78, 5) is 8.27. The molecule has 1 atom stereocenters. The summed E-state index contributed by atoms with van der Waals surface area (Å²) in [5.41, 5.74) is 1.13. The second-order valence-corrected chi connectivity index (χ2v) is 7.01. The van der Waals surface area contributed by atoms with E-state index in [2.05, 4.69) is 14.7 Å². The number of nitriles is 1. The number of nitrogens with one attached hydrogen (secondary N) is 1. The van der Waals surface area contributed by atoms with Gasteiger partial charge < -0.3 is 4.57 Å². The molecule has 0 spiro atoms. The van der Waals surface area contributed by atoms with Crippen molar-refractivity contribution in [1.82, 2.24) is 19.3 Å². The molecule has 0 saturated heterocycles. The Balaban J connectivity index is 1.76. The lowest BCUT2D eigenvalue weighted by Gasteiger charge is -2.24. The standard InChI is InChI=1S/C14H15N5O2S/c1-10-8-19-9-12(3-5-14(19)17-10)18-22(20,21)13-4-2-11(6-15)16-7-13/h2,4,7-8,12,18H,3,5,9H2,1H3/t12-/m0/s1. The van der Waals surface area contributed by atoms with Gasteiger partial charge in [0.15, 0.2) is 0 Å². The predicted molar refractivity (Wildman–Crippen MR) is 78.3 cm³/mol. The fourth-order valence-electron chi connectivity index (χ4n) is 2.58. The third kappa shape index (κ3) is 2.86. The molecule has 1 aliphatic rings. The Morgan fingerprint density at radius 2 is 2.27 bits per heavy atom. The van der Waals surface area contributed by atoms with Crippen LogP contribution >= 0.6 is 0 Å². The van der Waals surface area contributed by atoms with E-state index in [9.17, 15) is 8.42 Å². The van der Waals surface area contributed by atoms with Crippen molar-refractivity contribution in [2.45, 2.75) is 37.2 Å². The van der Waals surface area contributed by atoms with Gasteiger partial charge in [0.2, 0.25) is 10.0 Å². The van der Waals surface area contributed by atoms with Crippen molar-refractivity contribution in [3.63, 3.8) is 0 Å². The summed E-state index contributed by atoms with van der Waals surface area (Å²) < 4.78 is 29.4. The molecule has 7 nitrogen and oxygen atoms in total. The maximum atomic E-state index is 12.4. The molecule has 114 valence electrons. The molecule has 1 aliphatic heterocycles. The quantitative estimate of drug-likeness (QED) is 0.900. The minimum absolute atomic E-state index is 0.0686. The number of aromatic nitrogens is 3. The number of imidazole rings is 1. The maximum absolute atomic E-state index is 12.4. The molecule has 3 heterocycles. The number of nitrogens with zero attached hydrogens (tertiary/aromatic N) is 4. The van der Waals surface area contributed by atoms with Crippen LogP contribution in [0.25, 0.3) is 0 Å². The van der Waals surface area contributed by atoms with Crippen LogP contribution in [0.2, 0.25) is 0 Å². The van der Waals surface area contributed by atoms with Crippen molar-refractivity contribution in [3.05, 3.63) is 41.7 Å². The topological polar surface area (TPSA) is 101 Å². The number of hydrogen-bond acceptors (Lipinski definition) is 5. The second kappa shape index (κ2) is 5.51. The van der Waals surface area contributed by atoms with Gasteiger partial charge in [-0.3, -0.25) is 0 Å². The molecular formula is C14H15N5O2S. The number of rotatable bonds is 3. The van der Waals surface area contributed by atoms with Gasteiger partial charge in [0.1, 0.15) is 22.5 Å². The normalized spacial score (nSPS) is 17.7. The first-order chi connectivity index (χ1) is 10.5. The Labute approximate surface area is 128 Å². The van der Waals surface area contributed by atoms with E-state index in [0.717, 1.165) is 17.9 Å². The van der Waals surface area contributed by atoms with Crippen LogP contribution in [-0.2, 0) is 23.0 Å². The second-order valence-electron chi connectivity index (χ2n) is 5.30. The summed E-state index contributed by atoms with van der Waals surface area (Å²) in [7, 11) is -3.64. The van der Waals surface area contributed by atoms with Crippen LogP contribution in [0.5, 0.6) is 0 Å². The molecule has 8 heteroatoms. The highest BCUT2D eigenvalue weighted by atomic mass is 32.2. The lowest BCUT2D eigenvalue weighted by atomic mass is 10.1. The highest BCUT2D eigenvalue weighted by Crippen LogP contribution is 2.17. The molecule has 0 amide bonds. The molecule has 0 unspecified atom stereocenters. The van der Waals surface area contributed by atoms with E-state index < -0.39 is 10.0 Å². The first kappa shape index (κ1) is 14.7. The van der Waals surface area contributed by atoms with Crippen molar-refractivity contribution in [1.29, 1.82) is 5.26 Å². The lowest BCUT2D eigenvalue weighted by Crippen LogP contribution is -2.40. The van der Waals surface area contributed by atoms with Crippen LogP contribution in [0.1, 0.15) is 23.6 Å². The van der Waals surface area contributed by atoms with Crippen LogP contribution in [0.3, 0.4) is 0 Å². The van der Waals surface area contributed by atoms with E-state index in [1.807, 2.05) is 23.8 Å². The number of hydrogen-bond donors (Lipinski definition) is 1. The van der Waals surface area contributed by atoms with Gasteiger partial charge in [-0.05, 0) is 25.5 Å². The largest absolute Gasteiger partial charge is 0.333 e. The van der Waals surface area contributed by atoms with E-state index in [0.29, 0.717) is 13.0 Å². The first-order valence-corrected chi connectivity index (χ1v) is 8.37. The molecular weight excluding hydrogens is 302 g/mol. The summed E-state index contributed by atoms with van der Waals surface area (Å²) in [6.07, 6.45) is 4.58. The average Bonchev–Trinajstić information content (AvgIpc) is 2.86. The zero-order valence-electron chi connectivity index (χ0n) is 12.0. The number of aryl methyl sites for hydroxylation is 2. The molecule has 0 aromatic carbocycles. The van der Waals surface area contributed by atoms with Gasteiger partial charge in [0.05, 0.1) is 5.69 Å². The van der Waals surface area contributed by atoms with E-state index in [4.69, 9.17) is 5.26 Å². The smallest absolute Gasteiger partial charge is 0.242 e. The summed E-state index contributed by atoms with van der Waals surface area (Å²) >= 11 is 0. The van der Waals surface area contributed by atoms with E-state index in [1.54, 1.807) is 0 Å². The van der Waals surface area contributed by atoms with Gasteiger partial charge in [-0.2, -0.15) is 5.26 Å². The highest BCUT2D eigenvalue weighted by Gasteiger charge is 2.25. The van der Waals surface area contributed by atoms with Gasteiger partial charge in [0.25, 0.3) is 0 Å². The SMILES string of the molecule is Cc1cn2c(n1)CC[C@H](NS(=O)(=O)c1ccc(C#N)nc1)C2. The molecule has 0 bridgehead atoms. The fourth-order valence-corrected chi connectivity index (χ4v) is 3.78. The molecule has 0 radical (unpaired) electrons. The van der Waals surface area contributed by atoms with Gasteiger partial charge in [-0.15, -0.1) is 0 Å². The monoisotopic (exact) mass is 317 g/mol. The first-order valence-electron chi connectivity index (χ1n) is 6.89. The Kier molecular flexibility index (Phi) is 3.68. The van der Waals surface area contributed by atoms with Crippen molar-refractivity contribution in [2.75, 3.05) is 0 Å². The molecule has 3 rings (SSSR count). The minimum atomic E-state index is -3.64. The van der Waals surface area contributed by atoms with Gasteiger partial charge in [-0.1, -0.05) is 0 Å². The van der Waals surface area contributed by atoms with Crippen LogP contribution in [0.4, 0.5) is 0 Å². The van der Waals surface area contributed by atoms with Crippen LogP contribution < -0.4 is 4.72 Å². The van der Waals surface area contributed by atoms with Crippen molar-refractivity contribution in [3.8, 4) is 6.07 Å². The number of pyridine rings is 1. The fraction of sp³-hybridized carbons (Fsp3) is 0.357. The van der Waals surface area contributed by atoms with Crippen LogP contribution in [0, 0.1) is 18.3 Å². The minimum Gasteiger partial charge on any atom is -0.333 e. The molecule has 2 aromatic rings. The summed E-state index contributed by atoms with van der Waals surface area (Å²) in [6.45, 7) is 2.49. The summed E-state index contributed by atoms with van der Waals surface area (Å²) in [5, 5.41) is 8.70. The predicted octanol–water partition coefficient (Wildman–Crippen LogP) is 0.751. The molecule has 0 saturated carbocycles. The number of fused-ring (bicyclic) bond motifs is 1. The van der Waals surface area contributed by atoms with E-state index >= 15 is 0 Å². The Morgan fingerprint density at radius 1 is 1.45 bits per heavy atom. The van der Waals surface area contributed by atoms with Gasteiger partial charge >= 0.3 is 0 Å². The zero-order chi connectivity index (χ0) is 15.7. The molecule has 2 aromatic heterocycles. The maximum Gasteiger partial charge on any atom is 0.242 e. The molecule has 1 N–H and O–H groups in total. The average molecular weight is 317 g/mol. The van der Waals surface area contributed by atoms with E-state index in [1.165, 1.54) is 18.3 Å². The van der Waals surface area contributed by atoms with Crippen LogP contribution in [-0.4, -0.2) is 29.0 Å². The van der Waals surface area contributed by atoms with Crippen molar-refractivity contribution >= 4 is 10.0 Å². The molecule has 0 fully saturated rings. The van der Waals surface area contributed by atoms with Crippen molar-refractivity contribution < 1.29 is 8.42 Å². The third-order valence-corrected chi connectivity index (χ3v) is 5.10. The third-order valence-electron chi connectivity index (χ3n) is 3.60. The van der Waals surface area contributed by atoms with Gasteiger partial charge in [0, 0.05) is 31.4 Å². The van der Waals surface area contributed by atoms with Crippen molar-refractivity contribution in [2.24, 2.45) is 0 Å². The Hall–Kier alpha value is -2.24. The molecule has 0 aliphatic carbocycles.